The molecule has 0 amide bonds. The second-order valence-corrected chi connectivity index (χ2v) is 2.87. The minimum atomic E-state index is -1.49. The predicted octanol–water partition coefficient (Wildman–Crippen LogP) is -2.50. The fraction of sp³-hybridized carbons (Fsp3) is 0.429. The van der Waals surface area contributed by atoms with Crippen LogP contribution in [0.3, 0.4) is 0 Å². The highest BCUT2D eigenvalue weighted by molar-refractivity contribution is 5.71. The topological polar surface area (TPSA) is 134 Å². The number of aromatic nitrogens is 3. The van der Waals surface area contributed by atoms with Gasteiger partial charge in [0.25, 0.3) is 0 Å². The summed E-state index contributed by atoms with van der Waals surface area (Å²) < 4.78 is 4.94. The Morgan fingerprint density at radius 2 is 1.88 bits per heavy atom. The van der Waals surface area contributed by atoms with E-state index in [1.54, 1.807) is 9.97 Å². The molecule has 0 fully saturated rings. The molecule has 0 saturated carbocycles. The number of carboxylic acid groups (broad SMARTS) is 1. The predicted molar refractivity (Wildman–Crippen MR) is 50.5 cm³/mol. The molecular formula is C7H9N3O6. The summed E-state index contributed by atoms with van der Waals surface area (Å²) in [5, 5.41) is 8.79. The quantitative estimate of drug-likeness (QED) is 0.524. The van der Waals surface area contributed by atoms with Crippen molar-refractivity contribution in [3.05, 3.63) is 31.5 Å². The number of nitrogens with zero attached hydrogens (tertiary/aromatic N) is 1. The van der Waals surface area contributed by atoms with Crippen LogP contribution in [-0.4, -0.2) is 39.3 Å². The number of nitrogens with one attached hydrogen (secondary N) is 2. The van der Waals surface area contributed by atoms with Crippen molar-refractivity contribution in [2.45, 2.75) is 6.04 Å². The molecule has 1 rings (SSSR count). The summed E-state index contributed by atoms with van der Waals surface area (Å²) in [6, 6.07) is -1.49. The van der Waals surface area contributed by atoms with Crippen LogP contribution in [-0.2, 0) is 9.53 Å². The van der Waals surface area contributed by atoms with Crippen molar-refractivity contribution < 1.29 is 14.6 Å². The molecule has 1 heterocycles. The first kappa shape index (κ1) is 11.9. The van der Waals surface area contributed by atoms with Crippen LogP contribution in [0.4, 0.5) is 0 Å². The minimum absolute atomic E-state index is 0.368. The summed E-state index contributed by atoms with van der Waals surface area (Å²) in [5.74, 6) is -1.42. The SMILES string of the molecule is COCC(C(=O)O)n1c(=O)[nH]c(=O)[nH]c1=O. The molecule has 1 aromatic heterocycles. The van der Waals surface area contributed by atoms with E-state index in [0.717, 1.165) is 0 Å². The van der Waals surface area contributed by atoms with Crippen LogP contribution in [0.15, 0.2) is 14.4 Å². The number of ether oxygens (including phenoxy) is 1. The molecule has 0 spiro atoms. The summed E-state index contributed by atoms with van der Waals surface area (Å²) >= 11 is 0. The normalized spacial score (nSPS) is 12.3. The maximum atomic E-state index is 11.3. The maximum Gasteiger partial charge on any atom is 0.334 e. The first-order valence-electron chi connectivity index (χ1n) is 4.14. The highest BCUT2D eigenvalue weighted by Gasteiger charge is 2.23. The average molecular weight is 231 g/mol. The van der Waals surface area contributed by atoms with E-state index < -0.39 is 29.1 Å². The molecule has 9 nitrogen and oxygen atoms in total. The van der Waals surface area contributed by atoms with Crippen LogP contribution in [0.25, 0.3) is 0 Å². The molecule has 0 aliphatic carbocycles. The zero-order chi connectivity index (χ0) is 12.3. The fourth-order valence-electron chi connectivity index (χ4n) is 1.14. The maximum absolute atomic E-state index is 11.3. The van der Waals surface area contributed by atoms with Crippen molar-refractivity contribution in [3.63, 3.8) is 0 Å². The number of carboxylic acids is 1. The van der Waals surface area contributed by atoms with Gasteiger partial charge >= 0.3 is 23.0 Å². The van der Waals surface area contributed by atoms with Crippen LogP contribution in [0.1, 0.15) is 6.04 Å². The van der Waals surface area contributed by atoms with Gasteiger partial charge in [-0.25, -0.2) is 23.7 Å². The molecule has 1 unspecified atom stereocenters. The average Bonchev–Trinajstić information content (AvgIpc) is 2.14. The molecule has 0 radical (unpaired) electrons. The Kier molecular flexibility index (Phi) is 3.40. The molecule has 0 saturated heterocycles. The van der Waals surface area contributed by atoms with Gasteiger partial charge in [-0.3, -0.25) is 9.97 Å². The molecule has 88 valence electrons. The smallest absolute Gasteiger partial charge is 0.334 e. The molecule has 9 heteroatoms. The number of aromatic amines is 2. The van der Waals surface area contributed by atoms with Gasteiger partial charge in [-0.2, -0.15) is 0 Å². The monoisotopic (exact) mass is 231 g/mol. The van der Waals surface area contributed by atoms with E-state index in [2.05, 4.69) is 4.74 Å². The van der Waals surface area contributed by atoms with E-state index in [1.807, 2.05) is 0 Å². The van der Waals surface area contributed by atoms with Gasteiger partial charge < -0.3 is 9.84 Å². The van der Waals surface area contributed by atoms with Crippen LogP contribution < -0.4 is 17.1 Å². The lowest BCUT2D eigenvalue weighted by Gasteiger charge is -2.11. The van der Waals surface area contributed by atoms with Crippen molar-refractivity contribution in [3.8, 4) is 0 Å². The third kappa shape index (κ3) is 2.25. The molecule has 0 aromatic carbocycles. The number of hydrogen-bond donors (Lipinski definition) is 3. The van der Waals surface area contributed by atoms with E-state index in [9.17, 15) is 19.2 Å². The van der Waals surface area contributed by atoms with Crippen molar-refractivity contribution in [2.75, 3.05) is 13.7 Å². The standard InChI is InChI=1S/C7H9N3O6/c1-16-2-3(4(11)12)10-6(14)8-5(13)9-7(10)15/h3H,2H2,1H3,(H,11,12)(H2,8,9,13,14,15). The number of rotatable bonds is 4. The Balaban J connectivity index is 3.41. The van der Waals surface area contributed by atoms with Crippen molar-refractivity contribution in [2.24, 2.45) is 0 Å². The lowest BCUT2D eigenvalue weighted by molar-refractivity contribution is -0.142. The molecule has 0 bridgehead atoms. The summed E-state index contributed by atoms with van der Waals surface area (Å²) in [6.45, 7) is -0.371. The van der Waals surface area contributed by atoms with Crippen molar-refractivity contribution in [1.82, 2.24) is 14.5 Å². The number of H-pyrrole nitrogens is 2. The molecule has 16 heavy (non-hydrogen) atoms. The summed E-state index contributed by atoms with van der Waals surface area (Å²) in [6.07, 6.45) is 0. The fourth-order valence-corrected chi connectivity index (χ4v) is 1.14. The lowest BCUT2D eigenvalue weighted by atomic mass is 10.3. The van der Waals surface area contributed by atoms with Crippen LogP contribution >= 0.6 is 0 Å². The van der Waals surface area contributed by atoms with E-state index in [1.165, 1.54) is 7.11 Å². The highest BCUT2D eigenvalue weighted by atomic mass is 16.5. The van der Waals surface area contributed by atoms with E-state index in [0.29, 0.717) is 4.57 Å². The number of methoxy groups -OCH3 is 1. The van der Waals surface area contributed by atoms with Gasteiger partial charge in [-0.05, 0) is 0 Å². The van der Waals surface area contributed by atoms with Gasteiger partial charge in [-0.15, -0.1) is 0 Å². The first-order chi connectivity index (χ1) is 7.47. The largest absolute Gasteiger partial charge is 0.480 e. The number of hydrogen-bond acceptors (Lipinski definition) is 5. The van der Waals surface area contributed by atoms with Crippen LogP contribution in [0, 0.1) is 0 Å². The van der Waals surface area contributed by atoms with E-state index in [-0.39, 0.29) is 6.61 Å². The third-order valence-electron chi connectivity index (χ3n) is 1.80. The zero-order valence-corrected chi connectivity index (χ0v) is 8.22. The van der Waals surface area contributed by atoms with Gasteiger partial charge in [0.05, 0.1) is 6.61 Å². The van der Waals surface area contributed by atoms with Gasteiger partial charge in [0.15, 0.2) is 6.04 Å². The van der Waals surface area contributed by atoms with Crippen LogP contribution in [0.5, 0.6) is 0 Å². The zero-order valence-electron chi connectivity index (χ0n) is 8.22. The lowest BCUT2D eigenvalue weighted by Crippen LogP contribution is -2.48. The second-order valence-electron chi connectivity index (χ2n) is 2.87. The molecular weight excluding hydrogens is 222 g/mol. The molecule has 0 aliphatic heterocycles. The van der Waals surface area contributed by atoms with Gasteiger partial charge in [-0.1, -0.05) is 0 Å². The summed E-state index contributed by atoms with van der Waals surface area (Å²) in [5.41, 5.74) is -3.19. The molecule has 1 atom stereocenters. The Labute approximate surface area is 87.3 Å². The first-order valence-corrected chi connectivity index (χ1v) is 4.14. The Bertz CT molecular complexity index is 518. The van der Waals surface area contributed by atoms with E-state index >= 15 is 0 Å². The third-order valence-corrected chi connectivity index (χ3v) is 1.80. The summed E-state index contributed by atoms with van der Waals surface area (Å²) in [4.78, 5) is 47.5. The Morgan fingerprint density at radius 3 is 2.25 bits per heavy atom. The Morgan fingerprint density at radius 1 is 1.38 bits per heavy atom. The van der Waals surface area contributed by atoms with Gasteiger partial charge in [0.2, 0.25) is 0 Å². The number of carbonyl (C=O) groups is 1. The highest BCUT2D eigenvalue weighted by Crippen LogP contribution is 1.99. The second kappa shape index (κ2) is 4.57. The minimum Gasteiger partial charge on any atom is -0.480 e. The summed E-state index contributed by atoms with van der Waals surface area (Å²) in [7, 11) is 1.22. The van der Waals surface area contributed by atoms with E-state index in [4.69, 9.17) is 5.11 Å². The molecule has 1 aromatic rings. The van der Waals surface area contributed by atoms with Gasteiger partial charge in [0.1, 0.15) is 0 Å². The van der Waals surface area contributed by atoms with Crippen LogP contribution in [0.2, 0.25) is 0 Å². The van der Waals surface area contributed by atoms with Crippen molar-refractivity contribution >= 4 is 5.97 Å². The van der Waals surface area contributed by atoms with Crippen molar-refractivity contribution in [1.29, 1.82) is 0 Å². The Hall–Kier alpha value is -2.16. The molecule has 0 aliphatic rings. The number of aliphatic carboxylic acids is 1. The molecule has 3 N–H and O–H groups in total. The van der Waals surface area contributed by atoms with Gasteiger partial charge in [0, 0.05) is 7.11 Å².